The molecular weight excluding hydrogens is 206 g/mol. The number of benzene rings is 1. The maximum atomic E-state index is 5.26. The molecule has 2 nitrogen and oxygen atoms in total. The van der Waals surface area contributed by atoms with Gasteiger partial charge in [0.05, 0.1) is 7.11 Å². The summed E-state index contributed by atoms with van der Waals surface area (Å²) in [7, 11) is 5.58. The van der Waals surface area contributed by atoms with Crippen molar-refractivity contribution in [3.05, 3.63) is 42.1 Å². The zero-order valence-electron chi connectivity index (χ0n) is 9.23. The van der Waals surface area contributed by atoms with Crippen molar-refractivity contribution in [2.45, 2.75) is 0 Å². The van der Waals surface area contributed by atoms with Gasteiger partial charge in [-0.25, -0.2) is 0 Å². The number of rotatable bonds is 4. The lowest BCUT2D eigenvalue weighted by Crippen LogP contribution is -2.02. The Kier molecular flexibility index (Phi) is 4.31. The molecule has 15 heavy (non-hydrogen) atoms. The molecule has 80 valence electrons. The maximum absolute atomic E-state index is 5.26. The van der Waals surface area contributed by atoms with Crippen LogP contribution in [0, 0.1) is 0 Å². The maximum Gasteiger partial charge on any atom is 0.118 e. The predicted molar refractivity (Wildman–Crippen MR) is 67.5 cm³/mol. The second-order valence-electron chi connectivity index (χ2n) is 3.37. The van der Waals surface area contributed by atoms with Crippen molar-refractivity contribution in [1.29, 1.82) is 0 Å². The molecule has 0 bridgehead atoms. The molecule has 0 radical (unpaired) electrons. The SMILES string of the molecule is COc1ccc(C(=S)/C=C\N(C)C)cc1. The Morgan fingerprint density at radius 2 is 1.87 bits per heavy atom. The van der Waals surface area contributed by atoms with Crippen molar-refractivity contribution < 1.29 is 4.74 Å². The summed E-state index contributed by atoms with van der Waals surface area (Å²) in [5.41, 5.74) is 1.03. The van der Waals surface area contributed by atoms with Crippen LogP contribution >= 0.6 is 12.2 Å². The molecule has 1 aromatic rings. The lowest BCUT2D eigenvalue weighted by Gasteiger charge is -2.05. The number of ether oxygens (including phenoxy) is 1. The Labute approximate surface area is 96.2 Å². The third kappa shape index (κ3) is 3.72. The van der Waals surface area contributed by atoms with Crippen molar-refractivity contribution in [3.63, 3.8) is 0 Å². The molecule has 0 saturated carbocycles. The quantitative estimate of drug-likeness (QED) is 0.440. The molecule has 0 heterocycles. The highest BCUT2D eigenvalue weighted by Gasteiger charge is 1.97. The highest BCUT2D eigenvalue weighted by atomic mass is 32.1. The fourth-order valence-corrected chi connectivity index (χ4v) is 1.27. The third-order valence-electron chi connectivity index (χ3n) is 1.90. The van der Waals surface area contributed by atoms with Crippen LogP contribution in [0.3, 0.4) is 0 Å². The van der Waals surface area contributed by atoms with Gasteiger partial charge in [0.1, 0.15) is 5.75 Å². The minimum Gasteiger partial charge on any atom is -0.497 e. The van der Waals surface area contributed by atoms with Crippen LogP contribution in [-0.2, 0) is 0 Å². The molecule has 0 aromatic heterocycles. The third-order valence-corrected chi connectivity index (χ3v) is 2.27. The van der Waals surface area contributed by atoms with Crippen molar-refractivity contribution in [1.82, 2.24) is 4.90 Å². The van der Waals surface area contributed by atoms with Crippen LogP contribution in [0.25, 0.3) is 0 Å². The molecule has 0 amide bonds. The zero-order valence-corrected chi connectivity index (χ0v) is 10.0. The average molecular weight is 221 g/mol. The lowest BCUT2D eigenvalue weighted by molar-refractivity contribution is 0.415. The van der Waals surface area contributed by atoms with E-state index < -0.39 is 0 Å². The minimum absolute atomic E-state index is 0.825. The van der Waals surface area contributed by atoms with Gasteiger partial charge in [-0.1, -0.05) is 12.2 Å². The van der Waals surface area contributed by atoms with E-state index >= 15 is 0 Å². The Morgan fingerprint density at radius 1 is 1.27 bits per heavy atom. The molecule has 0 aliphatic carbocycles. The van der Waals surface area contributed by atoms with Gasteiger partial charge in [-0.05, 0) is 42.1 Å². The average Bonchev–Trinajstić information content (AvgIpc) is 2.26. The summed E-state index contributed by atoms with van der Waals surface area (Å²) in [6, 6.07) is 7.73. The molecular formula is C12H15NOS. The first kappa shape index (κ1) is 11.7. The minimum atomic E-state index is 0.825. The van der Waals surface area contributed by atoms with Gasteiger partial charge < -0.3 is 9.64 Å². The fraction of sp³-hybridized carbons (Fsp3) is 0.250. The van der Waals surface area contributed by atoms with E-state index in [1.165, 1.54) is 0 Å². The van der Waals surface area contributed by atoms with Gasteiger partial charge in [0.25, 0.3) is 0 Å². The Balaban J connectivity index is 2.74. The molecule has 3 heteroatoms. The van der Waals surface area contributed by atoms with Crippen LogP contribution in [-0.4, -0.2) is 31.0 Å². The van der Waals surface area contributed by atoms with Crippen LogP contribution in [0.5, 0.6) is 5.75 Å². The van der Waals surface area contributed by atoms with E-state index in [0.717, 1.165) is 16.2 Å². The van der Waals surface area contributed by atoms with Gasteiger partial charge in [0, 0.05) is 19.0 Å². The molecule has 0 saturated heterocycles. The molecule has 0 N–H and O–H groups in total. The second-order valence-corrected chi connectivity index (χ2v) is 3.81. The fourth-order valence-electron chi connectivity index (χ4n) is 1.07. The van der Waals surface area contributed by atoms with Crippen LogP contribution in [0.4, 0.5) is 0 Å². The van der Waals surface area contributed by atoms with Crippen LogP contribution < -0.4 is 4.74 Å². The smallest absolute Gasteiger partial charge is 0.118 e. The summed E-state index contributed by atoms with van der Waals surface area (Å²) in [4.78, 5) is 2.78. The van der Waals surface area contributed by atoms with E-state index in [2.05, 4.69) is 0 Å². The molecule has 0 unspecified atom stereocenters. The number of thiocarbonyl (C=S) groups is 1. The van der Waals surface area contributed by atoms with E-state index in [-0.39, 0.29) is 0 Å². The molecule has 0 aliphatic heterocycles. The summed E-state index contributed by atoms with van der Waals surface area (Å²) in [6.45, 7) is 0. The van der Waals surface area contributed by atoms with E-state index in [1.54, 1.807) is 7.11 Å². The zero-order chi connectivity index (χ0) is 11.3. The summed E-state index contributed by atoms with van der Waals surface area (Å²) < 4.78 is 5.08. The number of hydrogen-bond acceptors (Lipinski definition) is 3. The van der Waals surface area contributed by atoms with Gasteiger partial charge in [-0.2, -0.15) is 0 Å². The number of methoxy groups -OCH3 is 1. The van der Waals surface area contributed by atoms with Crippen LogP contribution in [0.15, 0.2) is 36.5 Å². The highest BCUT2D eigenvalue weighted by molar-refractivity contribution is 7.81. The summed E-state index contributed by atoms with van der Waals surface area (Å²) in [6.07, 6.45) is 3.85. The normalized spacial score (nSPS) is 10.3. The van der Waals surface area contributed by atoms with Crippen molar-refractivity contribution in [3.8, 4) is 5.75 Å². The van der Waals surface area contributed by atoms with Gasteiger partial charge in [0.15, 0.2) is 0 Å². The van der Waals surface area contributed by atoms with Gasteiger partial charge in [-0.15, -0.1) is 0 Å². The van der Waals surface area contributed by atoms with E-state index in [1.807, 2.05) is 55.5 Å². The summed E-state index contributed by atoms with van der Waals surface area (Å²) in [5.74, 6) is 0.845. The largest absolute Gasteiger partial charge is 0.497 e. The van der Waals surface area contributed by atoms with E-state index in [9.17, 15) is 0 Å². The van der Waals surface area contributed by atoms with Crippen molar-refractivity contribution >= 4 is 17.1 Å². The molecule has 0 spiro atoms. The molecule has 0 aliphatic rings. The lowest BCUT2D eigenvalue weighted by atomic mass is 10.1. The highest BCUT2D eigenvalue weighted by Crippen LogP contribution is 2.12. The first-order valence-corrected chi connectivity index (χ1v) is 5.07. The predicted octanol–water partition coefficient (Wildman–Crippen LogP) is 2.49. The first-order valence-electron chi connectivity index (χ1n) is 4.66. The summed E-state index contributed by atoms with van der Waals surface area (Å²) in [5, 5.41) is 0. The van der Waals surface area contributed by atoms with Gasteiger partial charge in [-0.3, -0.25) is 0 Å². The molecule has 1 aromatic carbocycles. The Hall–Kier alpha value is -1.35. The molecule has 0 fully saturated rings. The van der Waals surface area contributed by atoms with Crippen LogP contribution in [0.1, 0.15) is 5.56 Å². The Bertz CT molecular complexity index is 354. The van der Waals surface area contributed by atoms with E-state index in [0.29, 0.717) is 0 Å². The number of nitrogens with zero attached hydrogens (tertiary/aromatic N) is 1. The monoisotopic (exact) mass is 221 g/mol. The van der Waals surface area contributed by atoms with Gasteiger partial charge >= 0.3 is 0 Å². The number of allylic oxidation sites excluding steroid dienone is 1. The first-order chi connectivity index (χ1) is 7.13. The second kappa shape index (κ2) is 5.51. The van der Waals surface area contributed by atoms with Crippen molar-refractivity contribution in [2.75, 3.05) is 21.2 Å². The summed E-state index contributed by atoms with van der Waals surface area (Å²) >= 11 is 5.26. The number of hydrogen-bond donors (Lipinski definition) is 0. The van der Waals surface area contributed by atoms with E-state index in [4.69, 9.17) is 17.0 Å². The van der Waals surface area contributed by atoms with Crippen LogP contribution in [0.2, 0.25) is 0 Å². The van der Waals surface area contributed by atoms with Crippen molar-refractivity contribution in [2.24, 2.45) is 0 Å². The van der Waals surface area contributed by atoms with Gasteiger partial charge in [0.2, 0.25) is 0 Å². The standard InChI is InChI=1S/C12H15NOS/c1-13(2)9-8-12(15)10-4-6-11(14-3)7-5-10/h4-9H,1-3H3/b9-8-. The Morgan fingerprint density at radius 3 is 2.33 bits per heavy atom. The topological polar surface area (TPSA) is 12.5 Å². The molecule has 0 atom stereocenters. The molecule has 1 rings (SSSR count).